The van der Waals surface area contributed by atoms with E-state index < -0.39 is 0 Å². The Balaban J connectivity index is -0.000000314. The molecule has 1 rings (SSSR count). The molecule has 0 saturated heterocycles. The average Bonchev–Trinajstić information content (AvgIpc) is 2.55. The fourth-order valence-electron chi connectivity index (χ4n) is 1.27. The summed E-state index contributed by atoms with van der Waals surface area (Å²) in [6.07, 6.45) is 11.7. The van der Waals surface area contributed by atoms with Crippen molar-refractivity contribution in [2.75, 3.05) is 6.38 Å². The normalized spacial score (nSPS) is 9.12. The van der Waals surface area contributed by atoms with Crippen molar-refractivity contribution >= 4 is 23.8 Å². The lowest BCUT2D eigenvalue weighted by atomic mass is 10.1. The summed E-state index contributed by atoms with van der Waals surface area (Å²) in [5.41, 5.74) is 2.25. The van der Waals surface area contributed by atoms with Crippen LogP contribution >= 0.6 is 11.6 Å². The monoisotopic (exact) mass is 350 g/mol. The van der Waals surface area contributed by atoms with Crippen LogP contribution in [0.1, 0.15) is 52.2 Å². The minimum absolute atomic E-state index is 0.0677. The second kappa shape index (κ2) is 19.3. The van der Waals surface area contributed by atoms with Crippen LogP contribution in [-0.2, 0) is 4.74 Å². The molecule has 0 bridgehead atoms. The van der Waals surface area contributed by atoms with Gasteiger partial charge in [-0.3, -0.25) is 0 Å². The number of ether oxygens (including phenoxy) is 1. The molecule has 1 nitrogen and oxygen atoms in total. The summed E-state index contributed by atoms with van der Waals surface area (Å²) in [6.45, 7) is 21.0. The number of rotatable bonds is 4. The highest BCUT2D eigenvalue weighted by atomic mass is 35.5. The fraction of sp³-hybridized carbons (Fsp3) is 0.364. The average molecular weight is 351 g/mol. The van der Waals surface area contributed by atoms with E-state index in [9.17, 15) is 0 Å². The Kier molecular flexibility index (Phi) is 21.8. The molecule has 0 fully saturated rings. The topological polar surface area (TPSA) is 9.23 Å². The predicted octanol–water partition coefficient (Wildman–Crippen LogP) is 7.75. The third-order valence-electron chi connectivity index (χ3n) is 2.06. The van der Waals surface area contributed by atoms with Crippen LogP contribution < -0.4 is 0 Å². The number of hydrogen-bond acceptors (Lipinski definition) is 1. The van der Waals surface area contributed by atoms with Crippen molar-refractivity contribution in [3.63, 3.8) is 0 Å². The van der Waals surface area contributed by atoms with Gasteiger partial charge in [0.1, 0.15) is 0 Å². The SMILES string of the molecule is C=C/C=C\c1ccccc1C=C.C=COC(C)(C)C.CCC.CCl. The van der Waals surface area contributed by atoms with Crippen LogP contribution in [0.4, 0.5) is 0 Å². The first-order valence-electron chi connectivity index (χ1n) is 8.03. The third kappa shape index (κ3) is 20.3. The maximum atomic E-state index is 4.99. The Hall–Kier alpha value is -1.73. The van der Waals surface area contributed by atoms with Gasteiger partial charge in [-0.25, -0.2) is 0 Å². The zero-order chi connectivity index (χ0) is 19.4. The first kappa shape index (κ1) is 27.1. The molecule has 0 aliphatic carbocycles. The lowest BCUT2D eigenvalue weighted by molar-refractivity contribution is 0.0775. The third-order valence-corrected chi connectivity index (χ3v) is 2.06. The van der Waals surface area contributed by atoms with Crippen LogP contribution in [0, 0.1) is 0 Å². The molecule has 1 aromatic rings. The molecule has 24 heavy (non-hydrogen) atoms. The Morgan fingerprint density at radius 1 is 1.00 bits per heavy atom. The summed E-state index contributed by atoms with van der Waals surface area (Å²) in [5, 5.41) is 0. The maximum absolute atomic E-state index is 4.99. The molecule has 1 aromatic carbocycles. The molecule has 0 aliphatic heterocycles. The Morgan fingerprint density at radius 3 is 1.75 bits per heavy atom. The van der Waals surface area contributed by atoms with Gasteiger partial charge in [-0.2, -0.15) is 0 Å². The van der Waals surface area contributed by atoms with E-state index in [2.05, 4.69) is 51.3 Å². The van der Waals surface area contributed by atoms with E-state index in [0.29, 0.717) is 0 Å². The quantitative estimate of drug-likeness (QED) is 0.306. The largest absolute Gasteiger partial charge is 0.496 e. The number of allylic oxidation sites excluding steroid dienone is 2. The summed E-state index contributed by atoms with van der Waals surface area (Å²) in [4.78, 5) is 0. The molecule has 0 atom stereocenters. The van der Waals surface area contributed by atoms with Gasteiger partial charge in [-0.05, 0) is 31.9 Å². The van der Waals surface area contributed by atoms with Crippen molar-refractivity contribution in [2.24, 2.45) is 0 Å². The van der Waals surface area contributed by atoms with Crippen molar-refractivity contribution < 1.29 is 4.74 Å². The van der Waals surface area contributed by atoms with E-state index in [1.165, 1.54) is 24.6 Å². The maximum Gasteiger partial charge on any atom is 0.0997 e. The zero-order valence-electron chi connectivity index (χ0n) is 16.3. The van der Waals surface area contributed by atoms with Gasteiger partial charge in [0.15, 0.2) is 0 Å². The van der Waals surface area contributed by atoms with Gasteiger partial charge in [0.2, 0.25) is 0 Å². The highest BCUT2D eigenvalue weighted by molar-refractivity contribution is 6.15. The molecule has 0 unspecified atom stereocenters. The molecular weight excluding hydrogens is 316 g/mol. The summed E-state index contributed by atoms with van der Waals surface area (Å²) in [6, 6.07) is 8.10. The van der Waals surface area contributed by atoms with Crippen LogP contribution in [0.15, 0.2) is 62.4 Å². The second-order valence-corrected chi connectivity index (χ2v) is 5.53. The first-order valence-corrected chi connectivity index (χ1v) is 8.78. The van der Waals surface area contributed by atoms with Gasteiger partial charge in [-0.1, -0.05) is 88.6 Å². The van der Waals surface area contributed by atoms with E-state index >= 15 is 0 Å². The molecule has 0 radical (unpaired) electrons. The van der Waals surface area contributed by atoms with Crippen LogP contribution in [0.25, 0.3) is 12.2 Å². The fourth-order valence-corrected chi connectivity index (χ4v) is 1.27. The molecule has 0 aromatic heterocycles. The van der Waals surface area contributed by atoms with Crippen molar-refractivity contribution in [3.8, 4) is 0 Å². The van der Waals surface area contributed by atoms with Gasteiger partial charge < -0.3 is 4.74 Å². The number of benzene rings is 1. The molecule has 0 N–H and O–H groups in total. The van der Waals surface area contributed by atoms with Crippen LogP contribution in [0.3, 0.4) is 0 Å². The highest BCUT2D eigenvalue weighted by Gasteiger charge is 2.05. The second-order valence-electron chi connectivity index (χ2n) is 5.53. The molecule has 0 spiro atoms. The number of hydrogen-bond donors (Lipinski definition) is 0. The van der Waals surface area contributed by atoms with Gasteiger partial charge >= 0.3 is 0 Å². The van der Waals surface area contributed by atoms with Crippen LogP contribution in [-0.4, -0.2) is 12.0 Å². The number of alkyl halides is 1. The van der Waals surface area contributed by atoms with Crippen LogP contribution in [0.2, 0.25) is 0 Å². The molecule has 0 aliphatic rings. The van der Waals surface area contributed by atoms with Crippen LogP contribution in [0.5, 0.6) is 0 Å². The van der Waals surface area contributed by atoms with E-state index in [4.69, 9.17) is 4.74 Å². The molecule has 0 saturated carbocycles. The van der Waals surface area contributed by atoms with Gasteiger partial charge in [0.25, 0.3) is 0 Å². The lowest BCUT2D eigenvalue weighted by Crippen LogP contribution is -2.14. The summed E-state index contributed by atoms with van der Waals surface area (Å²) < 4.78 is 4.99. The van der Waals surface area contributed by atoms with E-state index in [1.54, 1.807) is 6.08 Å². The molecule has 0 heterocycles. The highest BCUT2D eigenvalue weighted by Crippen LogP contribution is 2.11. The Labute approximate surface area is 155 Å². The summed E-state index contributed by atoms with van der Waals surface area (Å²) in [5.74, 6) is 0. The van der Waals surface area contributed by atoms with E-state index in [-0.39, 0.29) is 5.60 Å². The Morgan fingerprint density at radius 2 is 1.46 bits per heavy atom. The zero-order valence-corrected chi connectivity index (χ0v) is 17.1. The van der Waals surface area contributed by atoms with Gasteiger partial charge in [-0.15, -0.1) is 11.6 Å². The molecule has 2 heteroatoms. The molecule has 0 amide bonds. The lowest BCUT2D eigenvalue weighted by Gasteiger charge is -2.16. The minimum Gasteiger partial charge on any atom is -0.496 e. The van der Waals surface area contributed by atoms with Crippen molar-refractivity contribution in [2.45, 2.75) is 46.6 Å². The van der Waals surface area contributed by atoms with E-state index in [0.717, 1.165) is 5.56 Å². The standard InChI is InChI=1S/C12H12.C6H12O.C3H8.CH3Cl/c1-3-5-8-12-10-7-6-9-11(12)4-2;1-5-7-6(2,3)4;1-3-2;1-2/h3-10H,1-2H2;5H,1H2,2-4H3;3H2,1-2H3;1H3/b8-5-;;;. The summed E-state index contributed by atoms with van der Waals surface area (Å²) in [7, 11) is 0. The smallest absolute Gasteiger partial charge is 0.0997 e. The number of halogens is 1. The van der Waals surface area contributed by atoms with Gasteiger partial charge in [0.05, 0.1) is 11.9 Å². The van der Waals surface area contributed by atoms with E-state index in [1.807, 2.05) is 57.2 Å². The van der Waals surface area contributed by atoms with Crippen molar-refractivity contribution in [1.29, 1.82) is 0 Å². The summed E-state index contributed by atoms with van der Waals surface area (Å²) >= 11 is 4.64. The van der Waals surface area contributed by atoms with Crippen molar-refractivity contribution in [3.05, 3.63) is 73.5 Å². The predicted molar refractivity (Wildman–Crippen MR) is 115 cm³/mol. The van der Waals surface area contributed by atoms with Crippen molar-refractivity contribution in [1.82, 2.24) is 0 Å². The minimum atomic E-state index is -0.0677. The Bertz CT molecular complexity index is 453. The molecule has 136 valence electrons. The first-order chi connectivity index (χ1) is 11.4. The molecular formula is C22H35ClO. The van der Waals surface area contributed by atoms with Gasteiger partial charge in [0, 0.05) is 6.38 Å².